The van der Waals surface area contributed by atoms with Gasteiger partial charge in [-0.3, -0.25) is 9.20 Å². The number of rotatable bonds is 8. The van der Waals surface area contributed by atoms with Gasteiger partial charge in [-0.2, -0.15) is 0 Å². The van der Waals surface area contributed by atoms with Crippen molar-refractivity contribution in [1.29, 1.82) is 0 Å². The molecule has 0 spiro atoms. The minimum atomic E-state index is -0.273. The molecule has 4 rings (SSSR count). The van der Waals surface area contributed by atoms with E-state index in [9.17, 15) is 4.79 Å². The van der Waals surface area contributed by atoms with Crippen LogP contribution in [-0.4, -0.2) is 28.5 Å². The van der Waals surface area contributed by atoms with Gasteiger partial charge in [0.1, 0.15) is 17.2 Å². The molecule has 0 saturated heterocycles. The molecule has 0 bridgehead atoms. The lowest BCUT2D eigenvalue weighted by Crippen LogP contribution is -2.21. The fourth-order valence-electron chi connectivity index (χ4n) is 3.28. The molecule has 0 fully saturated rings. The van der Waals surface area contributed by atoms with Gasteiger partial charge in [0.15, 0.2) is 18.1 Å². The smallest absolute Gasteiger partial charge is 0.263 e. The van der Waals surface area contributed by atoms with Gasteiger partial charge in [0.2, 0.25) is 0 Å². The number of para-hydroxylation sites is 2. The van der Waals surface area contributed by atoms with E-state index in [1.54, 1.807) is 6.07 Å². The van der Waals surface area contributed by atoms with Crippen LogP contribution in [0.5, 0.6) is 11.5 Å². The summed E-state index contributed by atoms with van der Waals surface area (Å²) in [5.41, 5.74) is 3.51. The number of ether oxygens (including phenoxy) is 2. The van der Waals surface area contributed by atoms with E-state index in [-0.39, 0.29) is 12.5 Å². The highest BCUT2D eigenvalue weighted by atomic mass is 16.5. The molecule has 0 aliphatic carbocycles. The molecule has 31 heavy (non-hydrogen) atoms. The second kappa shape index (κ2) is 9.34. The van der Waals surface area contributed by atoms with Crippen molar-refractivity contribution in [2.45, 2.75) is 20.3 Å². The minimum absolute atomic E-state index is 0.139. The third kappa shape index (κ3) is 4.69. The van der Waals surface area contributed by atoms with Crippen molar-refractivity contribution in [3.8, 4) is 22.8 Å². The molecule has 4 aromatic rings. The summed E-state index contributed by atoms with van der Waals surface area (Å²) in [5, 5.41) is 2.98. The van der Waals surface area contributed by atoms with E-state index in [4.69, 9.17) is 14.5 Å². The van der Waals surface area contributed by atoms with E-state index < -0.39 is 0 Å². The van der Waals surface area contributed by atoms with Crippen LogP contribution < -0.4 is 14.8 Å². The largest absolute Gasteiger partial charge is 0.490 e. The number of aromatic nitrogens is 2. The first-order chi connectivity index (χ1) is 15.2. The van der Waals surface area contributed by atoms with Gasteiger partial charge in [0, 0.05) is 11.8 Å². The zero-order chi connectivity index (χ0) is 21.6. The lowest BCUT2D eigenvalue weighted by Gasteiger charge is -2.12. The molecule has 1 N–H and O–H groups in total. The van der Waals surface area contributed by atoms with Crippen molar-refractivity contribution < 1.29 is 14.3 Å². The number of anilines is 1. The molecule has 0 aliphatic heterocycles. The van der Waals surface area contributed by atoms with E-state index in [2.05, 4.69) is 5.32 Å². The molecule has 0 aliphatic rings. The molecule has 6 heteroatoms. The van der Waals surface area contributed by atoms with Crippen molar-refractivity contribution in [2.24, 2.45) is 0 Å². The predicted octanol–water partition coefficient (Wildman–Crippen LogP) is 5.12. The first-order valence-electron chi connectivity index (χ1n) is 10.3. The van der Waals surface area contributed by atoms with Crippen LogP contribution in [0, 0.1) is 6.92 Å². The second-order valence-corrected chi connectivity index (χ2v) is 7.24. The van der Waals surface area contributed by atoms with E-state index >= 15 is 0 Å². The quantitative estimate of drug-likeness (QED) is 0.434. The van der Waals surface area contributed by atoms with Gasteiger partial charge in [-0.05, 0) is 43.2 Å². The molecule has 0 radical (unpaired) electrons. The third-order valence-electron chi connectivity index (χ3n) is 4.76. The number of carbonyl (C=O) groups excluding carboxylic acids is 1. The average molecular weight is 415 g/mol. The summed E-state index contributed by atoms with van der Waals surface area (Å²) in [6.07, 6.45) is 2.80. The van der Waals surface area contributed by atoms with Gasteiger partial charge in [-0.15, -0.1) is 0 Å². The van der Waals surface area contributed by atoms with E-state index in [1.807, 2.05) is 85.1 Å². The summed E-state index contributed by atoms with van der Waals surface area (Å²) in [6, 6.07) is 21.1. The average Bonchev–Trinajstić information content (AvgIpc) is 3.14. The molecule has 2 aromatic heterocycles. The standard InChI is InChI=1S/C25H25N3O3/c1-3-15-30-20-11-7-8-12-21(20)31-17-23(29)27-25-24(19-9-5-4-6-10-19)26-22-16-18(2)13-14-28(22)25/h4-14,16H,3,15,17H2,1-2H3,(H,27,29). The molecule has 158 valence electrons. The first-order valence-corrected chi connectivity index (χ1v) is 10.3. The lowest BCUT2D eigenvalue weighted by molar-refractivity contribution is -0.118. The van der Waals surface area contributed by atoms with Crippen molar-refractivity contribution >= 4 is 17.4 Å². The Morgan fingerprint density at radius 1 is 1.00 bits per heavy atom. The fourth-order valence-corrected chi connectivity index (χ4v) is 3.28. The predicted molar refractivity (Wildman–Crippen MR) is 122 cm³/mol. The van der Waals surface area contributed by atoms with Gasteiger partial charge in [-0.1, -0.05) is 49.4 Å². The lowest BCUT2D eigenvalue weighted by atomic mass is 10.1. The minimum Gasteiger partial charge on any atom is -0.490 e. The number of hydrogen-bond donors (Lipinski definition) is 1. The number of hydrogen-bond acceptors (Lipinski definition) is 4. The number of benzene rings is 2. The fraction of sp³-hybridized carbons (Fsp3) is 0.200. The molecular formula is C25H25N3O3. The maximum Gasteiger partial charge on any atom is 0.263 e. The van der Waals surface area contributed by atoms with E-state index in [0.29, 0.717) is 29.6 Å². The first kappa shape index (κ1) is 20.5. The van der Waals surface area contributed by atoms with Crippen LogP contribution in [0.4, 0.5) is 5.82 Å². The Balaban J connectivity index is 1.57. The SMILES string of the molecule is CCCOc1ccccc1OCC(=O)Nc1c(-c2ccccc2)nc2cc(C)ccn12. The van der Waals surface area contributed by atoms with Crippen LogP contribution in [0.3, 0.4) is 0 Å². The number of amides is 1. The summed E-state index contributed by atoms with van der Waals surface area (Å²) in [4.78, 5) is 17.5. The van der Waals surface area contributed by atoms with Crippen LogP contribution >= 0.6 is 0 Å². The summed E-state index contributed by atoms with van der Waals surface area (Å²) < 4.78 is 13.3. The number of nitrogens with zero attached hydrogens (tertiary/aromatic N) is 2. The van der Waals surface area contributed by atoms with Crippen molar-refractivity contribution in [3.63, 3.8) is 0 Å². The molecule has 0 unspecified atom stereocenters. The molecule has 2 aromatic carbocycles. The van der Waals surface area contributed by atoms with Crippen LogP contribution in [0.2, 0.25) is 0 Å². The van der Waals surface area contributed by atoms with Crippen LogP contribution in [0.1, 0.15) is 18.9 Å². The highest BCUT2D eigenvalue weighted by molar-refractivity contribution is 5.95. The molecule has 0 saturated carbocycles. The van der Waals surface area contributed by atoms with Crippen LogP contribution in [0.15, 0.2) is 72.9 Å². The Morgan fingerprint density at radius 3 is 2.45 bits per heavy atom. The normalized spacial score (nSPS) is 10.8. The van der Waals surface area contributed by atoms with Crippen LogP contribution in [0.25, 0.3) is 16.9 Å². The Bertz CT molecular complexity index is 1190. The summed E-state index contributed by atoms with van der Waals surface area (Å²) in [7, 11) is 0. The maximum atomic E-state index is 12.8. The van der Waals surface area contributed by atoms with Crippen molar-refractivity contribution in [2.75, 3.05) is 18.5 Å². The number of fused-ring (bicyclic) bond motifs is 1. The molecule has 1 amide bonds. The second-order valence-electron chi connectivity index (χ2n) is 7.24. The van der Waals surface area contributed by atoms with Crippen LogP contribution in [-0.2, 0) is 4.79 Å². The van der Waals surface area contributed by atoms with E-state index in [0.717, 1.165) is 23.2 Å². The Morgan fingerprint density at radius 2 is 1.71 bits per heavy atom. The highest BCUT2D eigenvalue weighted by Gasteiger charge is 2.17. The zero-order valence-electron chi connectivity index (χ0n) is 17.7. The zero-order valence-corrected chi connectivity index (χ0v) is 17.7. The van der Waals surface area contributed by atoms with Gasteiger partial charge in [0.05, 0.1) is 6.61 Å². The van der Waals surface area contributed by atoms with Crippen molar-refractivity contribution in [1.82, 2.24) is 9.38 Å². The third-order valence-corrected chi connectivity index (χ3v) is 4.76. The molecule has 6 nitrogen and oxygen atoms in total. The molecule has 0 atom stereocenters. The number of nitrogens with one attached hydrogen (secondary N) is 1. The topological polar surface area (TPSA) is 64.9 Å². The summed E-state index contributed by atoms with van der Waals surface area (Å²) in [5.74, 6) is 1.52. The Kier molecular flexibility index (Phi) is 6.17. The van der Waals surface area contributed by atoms with Gasteiger partial charge in [0.25, 0.3) is 5.91 Å². The Hall–Kier alpha value is -3.80. The molecule has 2 heterocycles. The van der Waals surface area contributed by atoms with Gasteiger partial charge < -0.3 is 14.8 Å². The maximum absolute atomic E-state index is 12.8. The number of imidazole rings is 1. The summed E-state index contributed by atoms with van der Waals surface area (Å²) in [6.45, 7) is 4.51. The van der Waals surface area contributed by atoms with E-state index in [1.165, 1.54) is 0 Å². The highest BCUT2D eigenvalue weighted by Crippen LogP contribution is 2.30. The monoisotopic (exact) mass is 415 g/mol. The molecular weight excluding hydrogens is 390 g/mol. The Labute approximate surface area is 181 Å². The van der Waals surface area contributed by atoms with Crippen molar-refractivity contribution in [3.05, 3.63) is 78.5 Å². The number of carbonyl (C=O) groups is 1. The summed E-state index contributed by atoms with van der Waals surface area (Å²) >= 11 is 0. The van der Waals surface area contributed by atoms with Gasteiger partial charge >= 0.3 is 0 Å². The number of pyridine rings is 1. The van der Waals surface area contributed by atoms with Gasteiger partial charge in [-0.25, -0.2) is 4.98 Å². The number of aryl methyl sites for hydroxylation is 1.